The fourth-order valence-corrected chi connectivity index (χ4v) is 4.40. The molecule has 0 N–H and O–H groups in total. The van der Waals surface area contributed by atoms with E-state index >= 15 is 0 Å². The zero-order valence-electron chi connectivity index (χ0n) is 10.6. The SMILES string of the molecule is Cc1csc(Sc2cccc(S(C)(=O)=O)c2[N+](=O)[O-])n1. The van der Waals surface area contributed by atoms with Gasteiger partial charge in [-0.05, 0) is 19.1 Å². The first kappa shape index (κ1) is 14.9. The Kier molecular flexibility index (Phi) is 4.11. The lowest BCUT2D eigenvalue weighted by molar-refractivity contribution is -0.390. The molecule has 0 atom stereocenters. The molecule has 0 bridgehead atoms. The summed E-state index contributed by atoms with van der Waals surface area (Å²) in [6.07, 6.45) is 0.956. The van der Waals surface area contributed by atoms with Crippen LogP contribution in [0.2, 0.25) is 0 Å². The molecule has 20 heavy (non-hydrogen) atoms. The van der Waals surface area contributed by atoms with E-state index in [2.05, 4.69) is 4.98 Å². The van der Waals surface area contributed by atoms with Gasteiger partial charge in [0.25, 0.3) is 0 Å². The van der Waals surface area contributed by atoms with Crippen molar-refractivity contribution in [2.75, 3.05) is 6.26 Å². The average molecular weight is 330 g/mol. The van der Waals surface area contributed by atoms with Crippen molar-refractivity contribution in [3.8, 4) is 0 Å². The smallest absolute Gasteiger partial charge is 0.258 e. The van der Waals surface area contributed by atoms with Gasteiger partial charge in [-0.25, -0.2) is 13.4 Å². The summed E-state index contributed by atoms with van der Waals surface area (Å²) >= 11 is 2.45. The number of hydrogen-bond acceptors (Lipinski definition) is 7. The number of hydrogen-bond donors (Lipinski definition) is 0. The molecule has 106 valence electrons. The van der Waals surface area contributed by atoms with Crippen LogP contribution in [0.3, 0.4) is 0 Å². The normalized spacial score (nSPS) is 11.5. The summed E-state index contributed by atoms with van der Waals surface area (Å²) in [6.45, 7) is 1.82. The summed E-state index contributed by atoms with van der Waals surface area (Å²) in [7, 11) is -3.66. The van der Waals surface area contributed by atoms with Crippen molar-refractivity contribution in [3.63, 3.8) is 0 Å². The summed E-state index contributed by atoms with van der Waals surface area (Å²) in [4.78, 5) is 14.7. The largest absolute Gasteiger partial charge is 0.301 e. The highest BCUT2D eigenvalue weighted by Gasteiger charge is 2.26. The van der Waals surface area contributed by atoms with Gasteiger partial charge < -0.3 is 0 Å². The van der Waals surface area contributed by atoms with E-state index in [1.165, 1.54) is 29.5 Å². The van der Waals surface area contributed by atoms with Crippen LogP contribution in [-0.4, -0.2) is 24.6 Å². The average Bonchev–Trinajstić information content (AvgIpc) is 2.73. The molecule has 2 aromatic rings. The Morgan fingerprint density at radius 3 is 2.60 bits per heavy atom. The first-order valence-corrected chi connectivity index (χ1v) is 8.95. The second-order valence-electron chi connectivity index (χ2n) is 3.99. The number of aromatic nitrogens is 1. The minimum absolute atomic E-state index is 0.271. The molecule has 2 rings (SSSR count). The Labute approximate surface area is 123 Å². The van der Waals surface area contributed by atoms with Crippen LogP contribution in [0, 0.1) is 17.0 Å². The second kappa shape index (κ2) is 5.51. The summed E-state index contributed by atoms with van der Waals surface area (Å²) in [5.41, 5.74) is 0.423. The van der Waals surface area contributed by atoms with Crippen molar-refractivity contribution in [1.29, 1.82) is 0 Å². The molecule has 1 heterocycles. The molecule has 6 nitrogen and oxygen atoms in total. The van der Waals surface area contributed by atoms with E-state index < -0.39 is 20.4 Å². The van der Waals surface area contributed by atoms with Crippen molar-refractivity contribution in [2.24, 2.45) is 0 Å². The van der Waals surface area contributed by atoms with E-state index in [1.54, 1.807) is 0 Å². The number of thiazole rings is 1. The first-order valence-electron chi connectivity index (χ1n) is 5.36. The van der Waals surface area contributed by atoms with Crippen LogP contribution in [-0.2, 0) is 9.84 Å². The van der Waals surface area contributed by atoms with Crippen LogP contribution >= 0.6 is 23.1 Å². The topological polar surface area (TPSA) is 90.2 Å². The summed E-state index contributed by atoms with van der Waals surface area (Å²) in [5, 5.41) is 13.0. The number of benzene rings is 1. The first-order chi connectivity index (χ1) is 9.29. The molecule has 0 aliphatic heterocycles. The van der Waals surface area contributed by atoms with Crippen LogP contribution in [0.5, 0.6) is 0 Å². The van der Waals surface area contributed by atoms with E-state index in [1.807, 2.05) is 12.3 Å². The molecule has 9 heteroatoms. The van der Waals surface area contributed by atoms with E-state index in [-0.39, 0.29) is 9.79 Å². The minimum Gasteiger partial charge on any atom is -0.258 e. The molecular weight excluding hydrogens is 320 g/mol. The molecule has 0 amide bonds. The lowest BCUT2D eigenvalue weighted by Gasteiger charge is -2.04. The summed E-state index contributed by atoms with van der Waals surface area (Å²) < 4.78 is 23.9. The van der Waals surface area contributed by atoms with E-state index in [4.69, 9.17) is 0 Å². The van der Waals surface area contributed by atoms with Crippen LogP contribution in [0.25, 0.3) is 0 Å². The van der Waals surface area contributed by atoms with Crippen LogP contribution in [0.1, 0.15) is 5.69 Å². The number of nitro benzene ring substituents is 1. The van der Waals surface area contributed by atoms with E-state index in [0.29, 0.717) is 4.34 Å². The summed E-state index contributed by atoms with van der Waals surface area (Å²) in [5.74, 6) is 0. The van der Waals surface area contributed by atoms with Gasteiger partial charge in [-0.1, -0.05) is 17.8 Å². The van der Waals surface area contributed by atoms with Crippen molar-refractivity contribution < 1.29 is 13.3 Å². The molecule has 0 saturated carbocycles. The Bertz CT molecular complexity index is 768. The van der Waals surface area contributed by atoms with Gasteiger partial charge in [-0.3, -0.25) is 10.1 Å². The maximum atomic E-state index is 11.6. The van der Waals surface area contributed by atoms with Crippen molar-refractivity contribution in [1.82, 2.24) is 4.98 Å². The zero-order valence-corrected chi connectivity index (χ0v) is 13.0. The van der Waals surface area contributed by atoms with Gasteiger partial charge in [0.2, 0.25) is 0 Å². The van der Waals surface area contributed by atoms with Gasteiger partial charge in [0, 0.05) is 17.3 Å². The summed E-state index contributed by atoms with van der Waals surface area (Å²) in [6, 6.07) is 4.25. The van der Waals surface area contributed by atoms with E-state index in [0.717, 1.165) is 23.7 Å². The third-order valence-electron chi connectivity index (χ3n) is 2.34. The van der Waals surface area contributed by atoms with Crippen molar-refractivity contribution in [3.05, 3.63) is 39.4 Å². The zero-order chi connectivity index (χ0) is 14.9. The number of para-hydroxylation sites is 1. The minimum atomic E-state index is -3.66. The van der Waals surface area contributed by atoms with Gasteiger partial charge in [-0.15, -0.1) is 11.3 Å². The van der Waals surface area contributed by atoms with Gasteiger partial charge in [-0.2, -0.15) is 0 Å². The Balaban J connectivity index is 2.56. The Morgan fingerprint density at radius 1 is 1.40 bits per heavy atom. The Hall–Kier alpha value is -1.45. The lowest BCUT2D eigenvalue weighted by atomic mass is 10.3. The van der Waals surface area contributed by atoms with Crippen LogP contribution in [0.15, 0.2) is 37.7 Å². The second-order valence-corrected chi connectivity index (χ2v) is 8.12. The third kappa shape index (κ3) is 3.17. The fourth-order valence-electron chi connectivity index (χ4n) is 1.54. The van der Waals surface area contributed by atoms with Gasteiger partial charge in [0.1, 0.15) is 4.90 Å². The van der Waals surface area contributed by atoms with E-state index in [9.17, 15) is 18.5 Å². The fraction of sp³-hybridized carbons (Fsp3) is 0.182. The lowest BCUT2D eigenvalue weighted by Crippen LogP contribution is -2.03. The number of rotatable bonds is 4. The van der Waals surface area contributed by atoms with Crippen LogP contribution in [0.4, 0.5) is 5.69 Å². The van der Waals surface area contributed by atoms with Gasteiger partial charge in [0.15, 0.2) is 14.2 Å². The molecule has 1 aromatic carbocycles. The van der Waals surface area contributed by atoms with Crippen molar-refractivity contribution in [2.45, 2.75) is 21.1 Å². The molecule has 0 saturated heterocycles. The van der Waals surface area contributed by atoms with Gasteiger partial charge in [0.05, 0.1) is 9.82 Å². The molecule has 0 aliphatic rings. The van der Waals surface area contributed by atoms with Crippen molar-refractivity contribution >= 4 is 38.6 Å². The predicted molar refractivity (Wildman–Crippen MR) is 77.2 cm³/mol. The molecular formula is C11H10N2O4S3. The highest BCUT2D eigenvalue weighted by Crippen LogP contribution is 2.39. The molecule has 0 aliphatic carbocycles. The molecule has 0 fully saturated rings. The number of nitro groups is 1. The Morgan fingerprint density at radius 2 is 2.10 bits per heavy atom. The molecule has 0 radical (unpaired) electrons. The monoisotopic (exact) mass is 330 g/mol. The van der Waals surface area contributed by atoms with Gasteiger partial charge >= 0.3 is 5.69 Å². The number of nitrogens with zero attached hydrogens (tertiary/aromatic N) is 2. The molecule has 0 unspecified atom stereocenters. The molecule has 1 aromatic heterocycles. The predicted octanol–water partition coefficient (Wildman–Crippen LogP) is 2.91. The standard InChI is InChI=1S/C11H10N2O4S3/c1-7-6-18-11(12-7)19-8-4-3-5-9(20(2,16)17)10(8)13(14)15/h3-6H,1-2H3. The highest BCUT2D eigenvalue weighted by atomic mass is 32.2. The number of sulfone groups is 1. The number of aryl methyl sites for hydroxylation is 1. The third-order valence-corrected chi connectivity index (χ3v) is 5.57. The maximum absolute atomic E-state index is 11.6. The van der Waals surface area contributed by atoms with Crippen LogP contribution < -0.4 is 0 Å². The maximum Gasteiger partial charge on any atom is 0.301 e. The molecule has 0 spiro atoms. The quantitative estimate of drug-likeness (QED) is 0.632. The highest BCUT2D eigenvalue weighted by molar-refractivity contribution is 8.01.